The van der Waals surface area contributed by atoms with E-state index in [0.29, 0.717) is 0 Å². The Morgan fingerprint density at radius 3 is 2.03 bits per heavy atom. The number of nitrogens with zero attached hydrogens (tertiary/aromatic N) is 3. The molecule has 0 bridgehead atoms. The number of aromatic nitrogens is 1. The van der Waals surface area contributed by atoms with Gasteiger partial charge in [-0.2, -0.15) is 0 Å². The van der Waals surface area contributed by atoms with Crippen molar-refractivity contribution in [3.05, 3.63) is 228 Å². The van der Waals surface area contributed by atoms with Crippen LogP contribution in [0.1, 0.15) is 42.4 Å². The zero-order valence-electron chi connectivity index (χ0n) is 34.8. The minimum Gasteiger partial charge on any atom is -0.312 e. The summed E-state index contributed by atoms with van der Waals surface area (Å²) in [6.45, 7) is 2.29. The van der Waals surface area contributed by atoms with E-state index in [2.05, 4.69) is 206 Å². The van der Waals surface area contributed by atoms with Gasteiger partial charge < -0.3 is 4.57 Å². The first kappa shape index (κ1) is 36.4. The fourth-order valence-electron chi connectivity index (χ4n) is 10.5. The molecule has 0 N–H and O–H groups in total. The molecule has 9 aromatic carbocycles. The molecule has 3 heterocycles. The van der Waals surface area contributed by atoms with Gasteiger partial charge in [0.1, 0.15) is 0 Å². The Morgan fingerprint density at radius 2 is 1.16 bits per heavy atom. The summed E-state index contributed by atoms with van der Waals surface area (Å²) in [4.78, 5) is 12.7. The van der Waals surface area contributed by atoms with Crippen molar-refractivity contribution in [2.45, 2.75) is 35.8 Å². The maximum atomic E-state index is 5.74. The summed E-state index contributed by atoms with van der Waals surface area (Å²) in [5, 5.41) is 12.6. The number of thioether (sulfide) groups is 1. The van der Waals surface area contributed by atoms with Gasteiger partial charge in [0, 0.05) is 38.1 Å². The predicted octanol–water partition coefficient (Wildman–Crippen LogP) is 15.5. The molecule has 2 unspecified atom stereocenters. The first-order chi connectivity index (χ1) is 31.1. The number of aliphatic imine (C=N–C) groups is 2. The third-order valence-corrected chi connectivity index (χ3v) is 14.9. The molecule has 0 radical (unpaired) electrons. The van der Waals surface area contributed by atoms with Crippen LogP contribution in [0.2, 0.25) is 0 Å². The summed E-state index contributed by atoms with van der Waals surface area (Å²) in [6, 6.07) is 66.7. The highest BCUT2D eigenvalue weighted by atomic mass is 32.2. The summed E-state index contributed by atoms with van der Waals surface area (Å²) in [5.41, 5.74) is 11.8. The minimum absolute atomic E-state index is 0.172. The van der Waals surface area contributed by atoms with Crippen LogP contribution in [0.4, 0.5) is 0 Å². The summed E-state index contributed by atoms with van der Waals surface area (Å²) < 4.78 is 2.57. The highest BCUT2D eigenvalue weighted by Gasteiger charge is 2.39. The lowest BCUT2D eigenvalue weighted by Crippen LogP contribution is -2.19. The molecule has 63 heavy (non-hydrogen) atoms. The van der Waals surface area contributed by atoms with Crippen LogP contribution in [-0.2, 0) is 0 Å². The summed E-state index contributed by atoms with van der Waals surface area (Å²) >= 11 is 1.98. The largest absolute Gasteiger partial charge is 0.312 e. The summed E-state index contributed by atoms with van der Waals surface area (Å²) in [5.74, 6) is 0.914. The van der Waals surface area contributed by atoms with E-state index in [1.54, 1.807) is 0 Å². The second-order valence-corrected chi connectivity index (χ2v) is 18.5. The maximum absolute atomic E-state index is 5.74. The zero-order chi connectivity index (χ0) is 41.6. The van der Waals surface area contributed by atoms with Gasteiger partial charge in [-0.1, -0.05) is 152 Å². The average molecular weight is 824 g/mol. The van der Waals surface area contributed by atoms with E-state index in [9.17, 15) is 0 Å². The standard InChI is InChI=1S/C59H41N3S/c1-36-22-29-51(43-26-23-37-12-2-3-14-39(37)30-43)60-59(44-27-28-47-42(31-44)25-24-38-13-6-7-17-46(38)47)61-58(36)45-34-54(57-49-19-9-11-21-55(49)63-56(57)35-45)62-52-20-10-8-18-48(52)50-32-40-15-4-5-16-41(40)33-53(50)62/h2-21,23-28,30-35,56-57H,22,29H2,1H3/b58-36+,60-51+,61-59-. The molecule has 1 aliphatic carbocycles. The highest BCUT2D eigenvalue weighted by molar-refractivity contribution is 8.00. The quantitative estimate of drug-likeness (QED) is 0.163. The number of fused-ring (bicyclic) bond motifs is 11. The summed E-state index contributed by atoms with van der Waals surface area (Å²) in [6.07, 6.45) is 6.63. The summed E-state index contributed by atoms with van der Waals surface area (Å²) in [7, 11) is 0. The smallest absolute Gasteiger partial charge is 0.160 e. The van der Waals surface area contributed by atoms with E-state index in [1.165, 1.54) is 86.6 Å². The first-order valence-corrected chi connectivity index (χ1v) is 22.9. The lowest BCUT2D eigenvalue weighted by atomic mass is 9.85. The molecule has 3 nitrogen and oxygen atoms in total. The monoisotopic (exact) mass is 823 g/mol. The Kier molecular flexibility index (Phi) is 8.32. The van der Waals surface area contributed by atoms with Gasteiger partial charge in [-0.3, -0.25) is 0 Å². The van der Waals surface area contributed by atoms with Crippen LogP contribution in [0.5, 0.6) is 0 Å². The molecule has 0 saturated heterocycles. The van der Waals surface area contributed by atoms with Crippen molar-refractivity contribution in [1.82, 2.24) is 4.57 Å². The van der Waals surface area contributed by atoms with Crippen LogP contribution in [0.15, 0.2) is 226 Å². The van der Waals surface area contributed by atoms with Gasteiger partial charge in [-0.15, -0.1) is 11.8 Å². The van der Waals surface area contributed by atoms with E-state index < -0.39 is 0 Å². The molecule has 2 atom stereocenters. The van der Waals surface area contributed by atoms with Crippen LogP contribution in [-0.4, -0.2) is 21.4 Å². The van der Waals surface area contributed by atoms with Crippen molar-refractivity contribution in [1.29, 1.82) is 0 Å². The van der Waals surface area contributed by atoms with Crippen molar-refractivity contribution < 1.29 is 0 Å². The van der Waals surface area contributed by atoms with Gasteiger partial charge in [0.2, 0.25) is 0 Å². The van der Waals surface area contributed by atoms with Gasteiger partial charge in [0.15, 0.2) is 5.84 Å². The zero-order valence-corrected chi connectivity index (χ0v) is 35.6. The van der Waals surface area contributed by atoms with Crippen molar-refractivity contribution in [3.63, 3.8) is 0 Å². The molecule has 0 fully saturated rings. The second kappa shape index (κ2) is 14.4. The fraction of sp³-hybridized carbons (Fsp3) is 0.0847. The normalized spacial score (nSPS) is 20.5. The fourth-order valence-corrected chi connectivity index (χ4v) is 11.9. The number of hydrogen-bond donors (Lipinski definition) is 0. The highest BCUT2D eigenvalue weighted by Crippen LogP contribution is 2.55. The van der Waals surface area contributed by atoms with Crippen molar-refractivity contribution in [3.8, 4) is 0 Å². The number of hydrogen-bond acceptors (Lipinski definition) is 3. The molecule has 298 valence electrons. The molecule has 0 amide bonds. The van der Waals surface area contributed by atoms with Crippen LogP contribution >= 0.6 is 11.8 Å². The Balaban J connectivity index is 1.03. The van der Waals surface area contributed by atoms with Crippen molar-refractivity contribution in [2.75, 3.05) is 0 Å². The van der Waals surface area contributed by atoms with E-state index in [0.717, 1.165) is 46.8 Å². The maximum Gasteiger partial charge on any atom is 0.160 e. The number of benzene rings is 9. The van der Waals surface area contributed by atoms with Crippen LogP contribution in [0.3, 0.4) is 0 Å². The Bertz CT molecular complexity index is 3740. The molecule has 1 aromatic heterocycles. The molecular formula is C59H41N3S. The van der Waals surface area contributed by atoms with Crippen LogP contribution < -0.4 is 0 Å². The topological polar surface area (TPSA) is 29.6 Å². The van der Waals surface area contributed by atoms with Crippen molar-refractivity contribution in [2.24, 2.45) is 9.98 Å². The van der Waals surface area contributed by atoms with Crippen LogP contribution in [0, 0.1) is 0 Å². The Labute approximate surface area is 370 Å². The predicted molar refractivity (Wildman–Crippen MR) is 269 cm³/mol. The van der Waals surface area contributed by atoms with Gasteiger partial charge in [0.25, 0.3) is 0 Å². The number of para-hydroxylation sites is 1. The second-order valence-electron chi connectivity index (χ2n) is 17.3. The molecule has 0 spiro atoms. The van der Waals surface area contributed by atoms with Gasteiger partial charge >= 0.3 is 0 Å². The Hall–Kier alpha value is -7.27. The SMILES string of the molecule is C\C1=C(C2=CC3Sc4ccccc4C3C(n3c4ccccc4c4cc5ccccc5cc43)=C2)/N=C(c2ccc3c(ccc4ccccc43)c2)\N=C(\c2ccc3ccccc3c2)CC1. The number of allylic oxidation sites excluding steroid dienone is 3. The average Bonchev–Trinajstić information content (AvgIpc) is 3.87. The van der Waals surface area contributed by atoms with Crippen molar-refractivity contribution >= 4 is 93.9 Å². The first-order valence-electron chi connectivity index (χ1n) is 22.0. The lowest BCUT2D eigenvalue weighted by molar-refractivity contribution is 0.844. The third kappa shape index (κ3) is 5.96. The molecule has 10 aromatic rings. The molecular weight excluding hydrogens is 783 g/mol. The molecule has 3 aliphatic rings. The van der Waals surface area contributed by atoms with E-state index in [4.69, 9.17) is 9.98 Å². The number of rotatable bonds is 4. The molecule has 4 heteroatoms. The third-order valence-electron chi connectivity index (χ3n) is 13.6. The van der Waals surface area contributed by atoms with Gasteiger partial charge in [-0.25, -0.2) is 9.98 Å². The Morgan fingerprint density at radius 1 is 0.508 bits per heavy atom. The molecule has 0 saturated carbocycles. The molecule has 13 rings (SSSR count). The van der Waals surface area contributed by atoms with E-state index in [1.807, 2.05) is 11.8 Å². The van der Waals surface area contributed by atoms with Gasteiger partial charge in [-0.05, 0) is 128 Å². The number of amidine groups is 1. The molecule has 2 aliphatic heterocycles. The van der Waals surface area contributed by atoms with E-state index in [-0.39, 0.29) is 11.2 Å². The van der Waals surface area contributed by atoms with Crippen LogP contribution in [0.25, 0.3) is 70.6 Å². The minimum atomic E-state index is 0.172. The lowest BCUT2D eigenvalue weighted by Gasteiger charge is -2.29. The van der Waals surface area contributed by atoms with E-state index >= 15 is 0 Å². The van der Waals surface area contributed by atoms with Gasteiger partial charge in [0.05, 0.1) is 22.4 Å².